The van der Waals surface area contributed by atoms with Crippen molar-refractivity contribution in [3.05, 3.63) is 113 Å². The van der Waals surface area contributed by atoms with E-state index in [-0.39, 0.29) is 31.1 Å². The van der Waals surface area contributed by atoms with E-state index < -0.39 is 53.7 Å². The smallest absolute Gasteiger partial charge is 0.258 e. The molecule has 1 heterocycles. The van der Waals surface area contributed by atoms with Crippen molar-refractivity contribution in [2.24, 2.45) is 0 Å². The first-order chi connectivity index (χ1) is 21.4. The second-order valence-corrected chi connectivity index (χ2v) is 14.5. The van der Waals surface area contributed by atoms with Crippen LogP contribution in [0.25, 0.3) is 0 Å². The largest absolute Gasteiger partial charge is 0.504 e. The molecule has 1 amide bonds. The summed E-state index contributed by atoms with van der Waals surface area (Å²) in [6.07, 6.45) is 0.884. The van der Waals surface area contributed by atoms with Crippen LogP contribution in [-0.4, -0.2) is 67.4 Å². The zero-order chi connectivity index (χ0) is 32.4. The Labute approximate surface area is 262 Å². The zero-order valence-corrected chi connectivity index (χ0v) is 26.1. The van der Waals surface area contributed by atoms with E-state index in [2.05, 4.69) is 4.72 Å². The molecule has 0 aromatic heterocycles. The number of hydrogen-bond acceptors (Lipinski definition) is 8. The molecule has 1 aliphatic heterocycles. The number of rotatable bonds is 10. The minimum atomic E-state index is -4.42. The quantitative estimate of drug-likeness (QED) is 0.190. The molecular formula is C32H33N3O8S2. The van der Waals surface area contributed by atoms with Gasteiger partial charge in [-0.3, -0.25) is 4.79 Å². The Hall–Kier alpha value is -4.43. The number of carbonyl (C=O) groups excluding carboxylic acids is 1. The summed E-state index contributed by atoms with van der Waals surface area (Å²) >= 11 is 0. The fraction of sp³-hybridized carbons (Fsp3) is 0.219. The number of nitrogens with one attached hydrogen (secondary N) is 1. The first-order valence-corrected chi connectivity index (χ1v) is 17.0. The monoisotopic (exact) mass is 651 g/mol. The van der Waals surface area contributed by atoms with E-state index in [0.29, 0.717) is 24.0 Å². The molecule has 11 nitrogen and oxygen atoms in total. The summed E-state index contributed by atoms with van der Waals surface area (Å²) in [6, 6.07) is 23.7. The number of nitrogens with zero attached hydrogens (tertiary/aromatic N) is 2. The van der Waals surface area contributed by atoms with E-state index in [0.717, 1.165) is 21.5 Å². The van der Waals surface area contributed by atoms with E-state index in [1.165, 1.54) is 24.1 Å². The van der Waals surface area contributed by atoms with Gasteiger partial charge in [-0.2, -0.15) is 4.31 Å². The van der Waals surface area contributed by atoms with Gasteiger partial charge in [-0.1, -0.05) is 66.7 Å². The van der Waals surface area contributed by atoms with Gasteiger partial charge in [0.2, 0.25) is 25.8 Å². The number of hydrogen-bond donors (Lipinski definition) is 4. The zero-order valence-electron chi connectivity index (χ0n) is 24.4. The molecule has 0 spiro atoms. The second kappa shape index (κ2) is 12.9. The number of phenolic OH excluding ortho intramolecular Hbond substituents is 3. The van der Waals surface area contributed by atoms with Crippen LogP contribution < -0.4 is 4.72 Å². The molecule has 13 heteroatoms. The number of phenols is 3. The first-order valence-electron chi connectivity index (χ1n) is 14.1. The standard InChI is InChI=1S/C32H33N3O8S2/c1-34(20-23-10-6-3-7-11-23)45(42,43)28-19-27(29(36)31(38)30(28)37)32(39)35-17-15-24-12-13-26(18-25(24)21-35)44(40,41)33-16-14-22-8-4-2-5-9-22/h2-13,18-19,33,36-38H,14-17,20-21H2,1H3. The fourth-order valence-electron chi connectivity index (χ4n) is 5.18. The number of fused-ring (bicyclic) bond motifs is 1. The number of carbonyl (C=O) groups is 1. The molecule has 0 unspecified atom stereocenters. The lowest BCUT2D eigenvalue weighted by atomic mass is 9.99. The Balaban J connectivity index is 1.36. The summed E-state index contributed by atoms with van der Waals surface area (Å²) in [6.45, 7) is 0.301. The predicted octanol–water partition coefficient (Wildman–Crippen LogP) is 3.34. The average molecular weight is 652 g/mol. The molecule has 0 fully saturated rings. The van der Waals surface area contributed by atoms with Crippen LogP contribution in [0.2, 0.25) is 0 Å². The van der Waals surface area contributed by atoms with E-state index in [1.54, 1.807) is 36.4 Å². The van der Waals surface area contributed by atoms with Gasteiger partial charge in [0.15, 0.2) is 11.5 Å². The maximum atomic E-state index is 13.6. The van der Waals surface area contributed by atoms with Gasteiger partial charge in [0, 0.05) is 33.2 Å². The van der Waals surface area contributed by atoms with Crippen molar-refractivity contribution >= 4 is 26.0 Å². The number of benzene rings is 4. The third-order valence-corrected chi connectivity index (χ3v) is 11.0. The fourth-order valence-corrected chi connectivity index (χ4v) is 7.52. The third-order valence-electron chi connectivity index (χ3n) is 7.72. The minimum Gasteiger partial charge on any atom is -0.504 e. The van der Waals surface area contributed by atoms with Crippen LogP contribution in [0.5, 0.6) is 17.2 Å². The molecule has 4 N–H and O–H groups in total. The molecule has 0 saturated carbocycles. The molecule has 4 aromatic carbocycles. The third kappa shape index (κ3) is 6.81. The number of sulfonamides is 2. The van der Waals surface area contributed by atoms with Gasteiger partial charge < -0.3 is 20.2 Å². The van der Waals surface area contributed by atoms with Crippen molar-refractivity contribution in [1.29, 1.82) is 0 Å². The molecule has 5 rings (SSSR count). The molecule has 4 aromatic rings. The van der Waals surface area contributed by atoms with Gasteiger partial charge in [-0.25, -0.2) is 21.6 Å². The van der Waals surface area contributed by atoms with E-state index in [4.69, 9.17) is 0 Å². The minimum absolute atomic E-state index is 0.0292. The summed E-state index contributed by atoms with van der Waals surface area (Å²) in [5.74, 6) is -3.99. The van der Waals surface area contributed by atoms with Crippen molar-refractivity contribution in [1.82, 2.24) is 13.9 Å². The van der Waals surface area contributed by atoms with Crippen LogP contribution in [0.1, 0.15) is 32.6 Å². The Kier molecular flexibility index (Phi) is 9.16. The van der Waals surface area contributed by atoms with Crippen molar-refractivity contribution in [2.75, 3.05) is 20.1 Å². The highest BCUT2D eigenvalue weighted by molar-refractivity contribution is 7.89. The van der Waals surface area contributed by atoms with Crippen molar-refractivity contribution in [3.63, 3.8) is 0 Å². The molecule has 0 bridgehead atoms. The van der Waals surface area contributed by atoms with Crippen molar-refractivity contribution in [3.8, 4) is 17.2 Å². The van der Waals surface area contributed by atoms with Gasteiger partial charge in [-0.15, -0.1) is 0 Å². The first kappa shape index (κ1) is 32.0. The Bertz CT molecular complexity index is 1930. The summed E-state index contributed by atoms with van der Waals surface area (Å²) < 4.78 is 56.4. The average Bonchev–Trinajstić information content (AvgIpc) is 3.03. The molecule has 0 radical (unpaired) electrons. The summed E-state index contributed by atoms with van der Waals surface area (Å²) in [4.78, 5) is 14.2. The highest BCUT2D eigenvalue weighted by Gasteiger charge is 2.33. The van der Waals surface area contributed by atoms with Crippen LogP contribution in [0.4, 0.5) is 0 Å². The highest BCUT2D eigenvalue weighted by Crippen LogP contribution is 2.44. The Morgan fingerprint density at radius 2 is 1.47 bits per heavy atom. The summed E-state index contributed by atoms with van der Waals surface area (Å²) in [5, 5.41) is 31.6. The van der Waals surface area contributed by atoms with Crippen molar-refractivity contribution in [2.45, 2.75) is 35.7 Å². The van der Waals surface area contributed by atoms with Crippen molar-refractivity contribution < 1.29 is 36.9 Å². The van der Waals surface area contributed by atoms with Gasteiger partial charge in [0.05, 0.1) is 10.5 Å². The topological polar surface area (TPSA) is 165 Å². The SMILES string of the molecule is CN(Cc1ccccc1)S(=O)(=O)c1cc(C(=O)N2CCc3ccc(S(=O)(=O)NCCc4ccccc4)cc3C2)c(O)c(O)c1O. The summed E-state index contributed by atoms with van der Waals surface area (Å²) in [5.41, 5.74) is 2.54. The molecule has 0 atom stereocenters. The van der Waals surface area contributed by atoms with Crippen LogP contribution >= 0.6 is 0 Å². The lowest BCUT2D eigenvalue weighted by Gasteiger charge is -2.30. The van der Waals surface area contributed by atoms with Crippen LogP contribution in [0.3, 0.4) is 0 Å². The summed E-state index contributed by atoms with van der Waals surface area (Å²) in [7, 11) is -6.98. The van der Waals surface area contributed by atoms with Gasteiger partial charge in [0.25, 0.3) is 5.91 Å². The number of aromatic hydroxyl groups is 3. The van der Waals surface area contributed by atoms with Crippen LogP contribution in [-0.2, 0) is 46.0 Å². The van der Waals surface area contributed by atoms with Gasteiger partial charge >= 0.3 is 0 Å². The van der Waals surface area contributed by atoms with Gasteiger partial charge in [-0.05, 0) is 53.3 Å². The number of amides is 1. The van der Waals surface area contributed by atoms with E-state index >= 15 is 0 Å². The highest BCUT2D eigenvalue weighted by atomic mass is 32.2. The molecule has 1 aliphatic rings. The van der Waals surface area contributed by atoms with Crippen LogP contribution in [0.15, 0.2) is 94.7 Å². The Morgan fingerprint density at radius 3 is 2.13 bits per heavy atom. The molecular weight excluding hydrogens is 618 g/mol. The maximum Gasteiger partial charge on any atom is 0.258 e. The normalized spacial score (nSPS) is 13.5. The predicted molar refractivity (Wildman–Crippen MR) is 167 cm³/mol. The molecule has 45 heavy (non-hydrogen) atoms. The molecule has 236 valence electrons. The van der Waals surface area contributed by atoms with E-state index in [1.807, 2.05) is 30.3 Å². The Morgan fingerprint density at radius 1 is 0.822 bits per heavy atom. The molecule has 0 saturated heterocycles. The van der Waals surface area contributed by atoms with Gasteiger partial charge in [0.1, 0.15) is 4.90 Å². The van der Waals surface area contributed by atoms with E-state index in [9.17, 15) is 36.9 Å². The maximum absolute atomic E-state index is 13.6. The lowest BCUT2D eigenvalue weighted by molar-refractivity contribution is 0.0730. The molecule has 0 aliphatic carbocycles. The second-order valence-electron chi connectivity index (χ2n) is 10.8. The van der Waals surface area contributed by atoms with Crippen LogP contribution in [0, 0.1) is 0 Å². The lowest BCUT2D eigenvalue weighted by Crippen LogP contribution is -2.36.